The Kier molecular flexibility index (Phi) is 8.19. The molecule has 29 heavy (non-hydrogen) atoms. The van der Waals surface area contributed by atoms with Gasteiger partial charge in [-0.1, -0.05) is 6.07 Å². The average molecular weight is 417 g/mol. The van der Waals surface area contributed by atoms with E-state index in [0.717, 1.165) is 43.4 Å². The fraction of sp³-hybridized carbons (Fsp3) is 0.500. The molecule has 0 bridgehead atoms. The van der Waals surface area contributed by atoms with Gasteiger partial charge in [0.05, 0.1) is 18.9 Å². The number of benzene rings is 1. The Labute approximate surface area is 177 Å². The molecule has 0 saturated carbocycles. The van der Waals surface area contributed by atoms with Crippen molar-refractivity contribution in [3.05, 3.63) is 40.6 Å². The Hall–Kier alpha value is -2.25. The lowest BCUT2D eigenvalue weighted by Crippen LogP contribution is -2.36. The Morgan fingerprint density at radius 2 is 2.14 bits per heavy atom. The summed E-state index contributed by atoms with van der Waals surface area (Å²) in [6, 6.07) is 10.0. The first-order valence-corrected chi connectivity index (χ1v) is 11.3. The quantitative estimate of drug-likeness (QED) is 0.474. The lowest BCUT2D eigenvalue weighted by molar-refractivity contribution is 0.172. The van der Waals surface area contributed by atoms with Gasteiger partial charge in [-0.15, -0.1) is 11.3 Å². The molecule has 3 rings (SSSR count). The largest absolute Gasteiger partial charge is 0.494 e. The first-order chi connectivity index (χ1) is 14.2. The zero-order valence-electron chi connectivity index (χ0n) is 17.4. The van der Waals surface area contributed by atoms with Crippen molar-refractivity contribution in [2.45, 2.75) is 33.2 Å². The molecule has 0 amide bonds. The summed E-state index contributed by atoms with van der Waals surface area (Å²) in [4.78, 5) is 8.56. The van der Waals surface area contributed by atoms with E-state index in [1.165, 1.54) is 17.7 Å². The van der Waals surface area contributed by atoms with Gasteiger partial charge in [0.25, 0.3) is 0 Å². The zero-order valence-corrected chi connectivity index (χ0v) is 18.2. The van der Waals surface area contributed by atoms with Crippen LogP contribution in [0, 0.1) is 5.92 Å². The molecule has 2 heterocycles. The summed E-state index contributed by atoms with van der Waals surface area (Å²) >= 11 is 1.83. The number of thiophene rings is 1. The molecule has 0 radical (unpaired) electrons. The Morgan fingerprint density at radius 1 is 1.28 bits per heavy atom. The Balaban J connectivity index is 1.57. The summed E-state index contributed by atoms with van der Waals surface area (Å²) in [6.07, 6.45) is 2.41. The second-order valence-electron chi connectivity index (χ2n) is 7.20. The molecule has 1 aromatic heterocycles. The predicted octanol–water partition coefficient (Wildman–Crippen LogP) is 4.18. The highest BCUT2D eigenvalue weighted by atomic mass is 32.1. The number of nitrogens with zero attached hydrogens (tertiary/aromatic N) is 2. The molecule has 1 fully saturated rings. The van der Waals surface area contributed by atoms with Gasteiger partial charge in [0, 0.05) is 30.6 Å². The van der Waals surface area contributed by atoms with Crippen LogP contribution in [-0.4, -0.2) is 43.7 Å². The van der Waals surface area contributed by atoms with Crippen LogP contribution in [0.2, 0.25) is 0 Å². The lowest BCUT2D eigenvalue weighted by atomic mass is 9.98. The molecule has 1 aromatic carbocycles. The number of aliphatic imine (C=N–C) groups is 1. The molecule has 1 aliphatic heterocycles. The molecule has 1 unspecified atom stereocenters. The van der Waals surface area contributed by atoms with Crippen LogP contribution in [0.15, 0.2) is 40.7 Å². The van der Waals surface area contributed by atoms with Crippen LogP contribution in [0.25, 0.3) is 0 Å². The number of nitrogens with two attached hydrogens (primary N) is 1. The third kappa shape index (κ3) is 6.65. The highest BCUT2D eigenvalue weighted by Crippen LogP contribution is 2.29. The van der Waals surface area contributed by atoms with Gasteiger partial charge in [0.2, 0.25) is 0 Å². The molecule has 1 saturated heterocycles. The molecule has 1 atom stereocenters. The minimum atomic E-state index is 0.412. The second-order valence-corrected chi connectivity index (χ2v) is 8.23. The SMILES string of the molecule is CCOc1ccc(OCC)c(NC(N)=NCC2CCCN(Cc3cccs3)C2)c1. The van der Waals surface area contributed by atoms with E-state index in [-0.39, 0.29) is 0 Å². The number of guanidine groups is 1. The van der Waals surface area contributed by atoms with Crippen LogP contribution in [0.4, 0.5) is 5.69 Å². The van der Waals surface area contributed by atoms with E-state index in [1.807, 2.05) is 43.4 Å². The number of hydrogen-bond donors (Lipinski definition) is 2. The van der Waals surface area contributed by atoms with Crippen LogP contribution >= 0.6 is 11.3 Å². The summed E-state index contributed by atoms with van der Waals surface area (Å²) in [5, 5.41) is 5.34. The molecule has 158 valence electrons. The van der Waals surface area contributed by atoms with Crippen molar-refractivity contribution in [2.24, 2.45) is 16.6 Å². The van der Waals surface area contributed by atoms with Crippen molar-refractivity contribution in [2.75, 3.05) is 38.2 Å². The molecule has 7 heteroatoms. The molecule has 0 aliphatic carbocycles. The van der Waals surface area contributed by atoms with Crippen LogP contribution < -0.4 is 20.5 Å². The lowest BCUT2D eigenvalue weighted by Gasteiger charge is -2.31. The maximum absolute atomic E-state index is 6.19. The molecule has 2 aromatic rings. The Morgan fingerprint density at radius 3 is 2.90 bits per heavy atom. The molecular formula is C22H32N4O2S. The van der Waals surface area contributed by atoms with E-state index >= 15 is 0 Å². The molecule has 6 nitrogen and oxygen atoms in total. The summed E-state index contributed by atoms with van der Waals surface area (Å²) in [7, 11) is 0. The fourth-order valence-corrected chi connectivity index (χ4v) is 4.36. The van der Waals surface area contributed by atoms with Crippen molar-refractivity contribution >= 4 is 23.0 Å². The third-order valence-corrected chi connectivity index (χ3v) is 5.77. The third-order valence-electron chi connectivity index (χ3n) is 4.91. The average Bonchev–Trinajstić information content (AvgIpc) is 3.22. The second kappa shape index (κ2) is 11.1. The van der Waals surface area contributed by atoms with Crippen LogP contribution in [-0.2, 0) is 6.54 Å². The highest BCUT2D eigenvalue weighted by Gasteiger charge is 2.20. The number of rotatable bonds is 9. The predicted molar refractivity (Wildman–Crippen MR) is 121 cm³/mol. The number of likely N-dealkylation sites (tertiary alicyclic amines) is 1. The highest BCUT2D eigenvalue weighted by molar-refractivity contribution is 7.09. The van der Waals surface area contributed by atoms with Gasteiger partial charge in [-0.05, 0) is 62.7 Å². The first-order valence-electron chi connectivity index (χ1n) is 10.4. The molecule has 1 aliphatic rings. The summed E-state index contributed by atoms with van der Waals surface area (Å²) in [6.45, 7) is 9.12. The van der Waals surface area contributed by atoms with Gasteiger partial charge in [-0.25, -0.2) is 0 Å². The summed E-state index contributed by atoms with van der Waals surface area (Å²) in [5.41, 5.74) is 6.97. The van der Waals surface area contributed by atoms with Gasteiger partial charge in [0.15, 0.2) is 5.96 Å². The number of ether oxygens (including phenoxy) is 2. The van der Waals surface area contributed by atoms with Crippen molar-refractivity contribution in [1.29, 1.82) is 0 Å². The number of hydrogen-bond acceptors (Lipinski definition) is 5. The fourth-order valence-electron chi connectivity index (χ4n) is 3.62. The van der Waals surface area contributed by atoms with Crippen molar-refractivity contribution in [3.8, 4) is 11.5 Å². The van der Waals surface area contributed by atoms with E-state index in [0.29, 0.717) is 25.1 Å². The van der Waals surface area contributed by atoms with Crippen molar-refractivity contribution in [3.63, 3.8) is 0 Å². The maximum Gasteiger partial charge on any atom is 0.193 e. The Bertz CT molecular complexity index is 779. The molecule has 3 N–H and O–H groups in total. The van der Waals surface area contributed by atoms with Gasteiger partial charge < -0.3 is 20.5 Å². The van der Waals surface area contributed by atoms with Gasteiger partial charge in [-0.2, -0.15) is 0 Å². The number of piperidine rings is 1. The summed E-state index contributed by atoms with van der Waals surface area (Å²) < 4.78 is 11.3. The van der Waals surface area contributed by atoms with E-state index in [4.69, 9.17) is 15.2 Å². The normalized spacial score (nSPS) is 17.9. The van der Waals surface area contributed by atoms with Crippen LogP contribution in [0.3, 0.4) is 0 Å². The van der Waals surface area contributed by atoms with E-state index in [2.05, 4.69) is 32.7 Å². The topological polar surface area (TPSA) is 72.1 Å². The number of anilines is 1. The van der Waals surface area contributed by atoms with Crippen LogP contribution in [0.1, 0.15) is 31.6 Å². The smallest absolute Gasteiger partial charge is 0.193 e. The van der Waals surface area contributed by atoms with Crippen molar-refractivity contribution in [1.82, 2.24) is 4.90 Å². The zero-order chi connectivity index (χ0) is 20.5. The minimum absolute atomic E-state index is 0.412. The van der Waals surface area contributed by atoms with Crippen molar-refractivity contribution < 1.29 is 9.47 Å². The monoisotopic (exact) mass is 416 g/mol. The van der Waals surface area contributed by atoms with E-state index in [1.54, 1.807) is 0 Å². The standard InChI is InChI=1S/C22H32N4O2S/c1-3-27-18-9-10-21(28-4-2)20(13-18)25-22(23)24-14-17-7-5-11-26(15-17)16-19-8-6-12-29-19/h6,8-10,12-13,17H,3-5,7,11,14-16H2,1-2H3,(H3,23,24,25). The van der Waals surface area contributed by atoms with Gasteiger partial charge in [-0.3, -0.25) is 9.89 Å². The van der Waals surface area contributed by atoms with E-state index in [9.17, 15) is 0 Å². The first kappa shape index (κ1) is 21.5. The summed E-state index contributed by atoms with van der Waals surface area (Å²) in [5.74, 6) is 2.47. The minimum Gasteiger partial charge on any atom is -0.494 e. The molecule has 0 spiro atoms. The van der Waals surface area contributed by atoms with Gasteiger partial charge in [0.1, 0.15) is 11.5 Å². The maximum atomic E-state index is 6.19. The van der Waals surface area contributed by atoms with Crippen LogP contribution in [0.5, 0.6) is 11.5 Å². The van der Waals surface area contributed by atoms with Gasteiger partial charge >= 0.3 is 0 Å². The molecular weight excluding hydrogens is 384 g/mol. The van der Waals surface area contributed by atoms with E-state index < -0.39 is 0 Å². The number of nitrogens with one attached hydrogen (secondary N) is 1.